The number of hydrogen-bond donors (Lipinski definition) is 0. The van der Waals surface area contributed by atoms with Gasteiger partial charge in [0.1, 0.15) is 0 Å². The molecule has 0 saturated carbocycles. The average Bonchev–Trinajstić information content (AvgIpc) is 2.97. The van der Waals surface area contributed by atoms with Crippen LogP contribution in [0.15, 0.2) is 97.1 Å². The first kappa shape index (κ1) is 16.1. The summed E-state index contributed by atoms with van der Waals surface area (Å²) in [5.41, 5.74) is 10.8. The molecule has 0 radical (unpaired) electrons. The number of rotatable bonds is 2. The molecule has 0 bridgehead atoms. The first-order valence-electron chi connectivity index (χ1n) is 9.55. The molecule has 0 atom stereocenters. The van der Waals surface area contributed by atoms with Crippen LogP contribution in [0.25, 0.3) is 33.4 Å². The number of fused-ring (bicyclic) bond motifs is 3. The van der Waals surface area contributed by atoms with Gasteiger partial charge in [0.15, 0.2) is 0 Å². The van der Waals surface area contributed by atoms with E-state index in [-0.39, 0.29) is 5.41 Å². The molecule has 4 aromatic rings. The maximum Gasteiger partial charge on any atom is 0.0159 e. The van der Waals surface area contributed by atoms with E-state index >= 15 is 0 Å². The van der Waals surface area contributed by atoms with Crippen LogP contribution in [-0.4, -0.2) is 0 Å². The largest absolute Gasteiger partial charge is 0.0622 e. The Morgan fingerprint density at radius 3 is 1.78 bits per heavy atom. The summed E-state index contributed by atoms with van der Waals surface area (Å²) in [5.74, 6) is 0. The number of hydrogen-bond acceptors (Lipinski definition) is 0. The van der Waals surface area contributed by atoms with Gasteiger partial charge < -0.3 is 0 Å². The van der Waals surface area contributed by atoms with E-state index < -0.39 is 0 Å². The second kappa shape index (κ2) is 5.96. The van der Waals surface area contributed by atoms with Crippen molar-refractivity contribution >= 4 is 0 Å². The Balaban J connectivity index is 1.66. The zero-order chi connectivity index (χ0) is 18.4. The summed E-state index contributed by atoms with van der Waals surface area (Å²) < 4.78 is 0. The van der Waals surface area contributed by atoms with Crippen LogP contribution < -0.4 is 0 Å². The van der Waals surface area contributed by atoms with Gasteiger partial charge in [-0.15, -0.1) is 0 Å². The van der Waals surface area contributed by atoms with E-state index in [1.807, 2.05) is 0 Å². The predicted octanol–water partition coefficient (Wildman–Crippen LogP) is 7.33. The van der Waals surface area contributed by atoms with Crippen LogP contribution >= 0.6 is 0 Å². The maximum atomic E-state index is 2.33. The maximum absolute atomic E-state index is 2.33. The topological polar surface area (TPSA) is 0 Å². The monoisotopic (exact) mass is 346 g/mol. The Bertz CT molecular complexity index is 1120. The molecule has 0 N–H and O–H groups in total. The Hall–Kier alpha value is -3.12. The zero-order valence-corrected chi connectivity index (χ0v) is 15.7. The van der Waals surface area contributed by atoms with E-state index in [1.165, 1.54) is 44.5 Å². The van der Waals surface area contributed by atoms with Crippen molar-refractivity contribution in [2.75, 3.05) is 0 Å². The zero-order valence-electron chi connectivity index (χ0n) is 15.7. The standard InChI is InChI=1S/C27H22/c1-27(2)24-13-7-6-11-23(24)26-22(12-8-14-25(26)27)21-17-15-20(16-18-21)19-9-4-3-5-10-19/h3-18H,1-2H3. The van der Waals surface area contributed by atoms with Crippen molar-refractivity contribution in [3.63, 3.8) is 0 Å². The van der Waals surface area contributed by atoms with Gasteiger partial charge in [0, 0.05) is 5.41 Å². The van der Waals surface area contributed by atoms with Gasteiger partial charge in [-0.05, 0) is 44.5 Å². The second-order valence-electron chi connectivity index (χ2n) is 7.84. The Labute approximate surface area is 161 Å². The fourth-order valence-electron chi connectivity index (χ4n) is 4.47. The van der Waals surface area contributed by atoms with Gasteiger partial charge in [-0.1, -0.05) is 111 Å². The van der Waals surface area contributed by atoms with Gasteiger partial charge in [0.25, 0.3) is 0 Å². The fourth-order valence-corrected chi connectivity index (χ4v) is 4.47. The van der Waals surface area contributed by atoms with Crippen LogP contribution in [0.2, 0.25) is 0 Å². The molecule has 0 saturated heterocycles. The SMILES string of the molecule is CC1(C)c2ccccc2-c2c(-c3ccc(-c4ccccc4)cc3)cccc21. The molecule has 130 valence electrons. The van der Waals surface area contributed by atoms with Crippen LogP contribution in [0.3, 0.4) is 0 Å². The number of benzene rings is 4. The lowest BCUT2D eigenvalue weighted by Gasteiger charge is -2.21. The fraction of sp³-hybridized carbons (Fsp3) is 0.111. The third-order valence-electron chi connectivity index (χ3n) is 5.91. The van der Waals surface area contributed by atoms with E-state index in [4.69, 9.17) is 0 Å². The van der Waals surface area contributed by atoms with Crippen LogP contribution in [0.5, 0.6) is 0 Å². The molecule has 0 heterocycles. The van der Waals surface area contributed by atoms with E-state index in [2.05, 4.69) is 111 Å². The molecule has 27 heavy (non-hydrogen) atoms. The van der Waals surface area contributed by atoms with Gasteiger partial charge in [-0.3, -0.25) is 0 Å². The van der Waals surface area contributed by atoms with E-state index in [1.54, 1.807) is 0 Å². The molecule has 0 nitrogen and oxygen atoms in total. The Morgan fingerprint density at radius 2 is 1.00 bits per heavy atom. The summed E-state index contributed by atoms with van der Waals surface area (Å²) in [6, 6.07) is 35.1. The van der Waals surface area contributed by atoms with Crippen LogP contribution in [-0.2, 0) is 5.41 Å². The van der Waals surface area contributed by atoms with Crippen molar-refractivity contribution < 1.29 is 0 Å². The first-order chi connectivity index (χ1) is 13.2. The van der Waals surface area contributed by atoms with Crippen LogP contribution in [0.4, 0.5) is 0 Å². The van der Waals surface area contributed by atoms with Crippen molar-refractivity contribution in [3.05, 3.63) is 108 Å². The highest BCUT2D eigenvalue weighted by atomic mass is 14.4. The molecule has 0 fully saturated rings. The third-order valence-corrected chi connectivity index (χ3v) is 5.91. The minimum atomic E-state index is 0.0475. The molecule has 1 aliphatic rings. The summed E-state index contributed by atoms with van der Waals surface area (Å²) in [6.07, 6.45) is 0. The van der Waals surface area contributed by atoms with Crippen molar-refractivity contribution in [1.82, 2.24) is 0 Å². The van der Waals surface area contributed by atoms with Gasteiger partial charge in [0.05, 0.1) is 0 Å². The van der Waals surface area contributed by atoms with Crippen LogP contribution in [0, 0.1) is 0 Å². The van der Waals surface area contributed by atoms with Gasteiger partial charge in [0.2, 0.25) is 0 Å². The van der Waals surface area contributed by atoms with E-state index in [9.17, 15) is 0 Å². The minimum absolute atomic E-state index is 0.0475. The lowest BCUT2D eigenvalue weighted by Crippen LogP contribution is -2.14. The summed E-state index contributed by atoms with van der Waals surface area (Å²) >= 11 is 0. The minimum Gasteiger partial charge on any atom is -0.0622 e. The lowest BCUT2D eigenvalue weighted by molar-refractivity contribution is 0.660. The van der Waals surface area contributed by atoms with Gasteiger partial charge in [-0.2, -0.15) is 0 Å². The molecule has 0 aromatic heterocycles. The quantitative estimate of drug-likeness (QED) is 0.356. The lowest BCUT2D eigenvalue weighted by atomic mass is 9.82. The molecule has 0 heteroatoms. The summed E-state index contributed by atoms with van der Waals surface area (Å²) in [6.45, 7) is 4.67. The summed E-state index contributed by atoms with van der Waals surface area (Å²) in [7, 11) is 0. The smallest absolute Gasteiger partial charge is 0.0159 e. The third kappa shape index (κ3) is 2.44. The molecule has 0 amide bonds. The van der Waals surface area contributed by atoms with Crippen molar-refractivity contribution in [2.24, 2.45) is 0 Å². The van der Waals surface area contributed by atoms with Gasteiger partial charge in [-0.25, -0.2) is 0 Å². The van der Waals surface area contributed by atoms with E-state index in [0.717, 1.165) is 0 Å². The molecule has 0 spiro atoms. The van der Waals surface area contributed by atoms with Crippen molar-refractivity contribution in [3.8, 4) is 33.4 Å². The highest BCUT2D eigenvalue weighted by molar-refractivity contribution is 5.92. The highest BCUT2D eigenvalue weighted by Crippen LogP contribution is 2.51. The molecular formula is C27H22. The van der Waals surface area contributed by atoms with Crippen LogP contribution in [0.1, 0.15) is 25.0 Å². The summed E-state index contributed by atoms with van der Waals surface area (Å²) in [4.78, 5) is 0. The molecule has 4 aromatic carbocycles. The van der Waals surface area contributed by atoms with Gasteiger partial charge >= 0.3 is 0 Å². The van der Waals surface area contributed by atoms with E-state index in [0.29, 0.717) is 0 Å². The highest BCUT2D eigenvalue weighted by Gasteiger charge is 2.36. The predicted molar refractivity (Wildman–Crippen MR) is 115 cm³/mol. The molecule has 5 rings (SSSR count). The first-order valence-corrected chi connectivity index (χ1v) is 9.55. The van der Waals surface area contributed by atoms with Crippen molar-refractivity contribution in [1.29, 1.82) is 0 Å². The summed E-state index contributed by atoms with van der Waals surface area (Å²) in [5, 5.41) is 0. The molecule has 0 aliphatic heterocycles. The molecule has 1 aliphatic carbocycles. The Morgan fingerprint density at radius 1 is 0.444 bits per heavy atom. The normalized spacial score (nSPS) is 13.9. The Kier molecular flexibility index (Phi) is 3.55. The second-order valence-corrected chi connectivity index (χ2v) is 7.84. The molecular weight excluding hydrogens is 324 g/mol. The van der Waals surface area contributed by atoms with Crippen molar-refractivity contribution in [2.45, 2.75) is 19.3 Å². The average molecular weight is 346 g/mol. The molecule has 0 unspecified atom stereocenters.